The summed E-state index contributed by atoms with van der Waals surface area (Å²) in [6.45, 7) is 3.55. The van der Waals surface area contributed by atoms with Gasteiger partial charge < -0.3 is 10.6 Å². The molecule has 1 aromatic heterocycles. The number of carbonyl (C=O) groups is 1. The lowest BCUT2D eigenvalue weighted by Crippen LogP contribution is -2.36. The molecule has 1 aliphatic rings. The maximum atomic E-state index is 11.9. The molecule has 0 spiro atoms. The zero-order valence-corrected chi connectivity index (χ0v) is 9.73. The van der Waals surface area contributed by atoms with Gasteiger partial charge in [0.05, 0.1) is 18.2 Å². The van der Waals surface area contributed by atoms with Gasteiger partial charge in [0.25, 0.3) is 0 Å². The summed E-state index contributed by atoms with van der Waals surface area (Å²) in [7, 11) is 1.88. The lowest BCUT2D eigenvalue weighted by molar-refractivity contribution is -0.125. The second-order valence-corrected chi connectivity index (χ2v) is 4.30. The van der Waals surface area contributed by atoms with Crippen molar-refractivity contribution >= 4 is 5.91 Å². The molecule has 1 amide bonds. The molecular weight excluding hydrogens is 204 g/mol. The first-order valence-corrected chi connectivity index (χ1v) is 5.66. The minimum Gasteiger partial charge on any atom is -0.350 e. The second kappa shape index (κ2) is 4.65. The highest BCUT2D eigenvalue weighted by Crippen LogP contribution is 2.15. The molecule has 88 valence electrons. The van der Waals surface area contributed by atoms with Crippen molar-refractivity contribution in [2.45, 2.75) is 25.9 Å². The van der Waals surface area contributed by atoms with Crippen LogP contribution in [0.3, 0.4) is 0 Å². The Morgan fingerprint density at radius 2 is 2.56 bits per heavy atom. The first kappa shape index (κ1) is 11.1. The number of hydrogen-bond acceptors (Lipinski definition) is 3. The second-order valence-electron chi connectivity index (χ2n) is 4.30. The van der Waals surface area contributed by atoms with Crippen molar-refractivity contribution in [2.24, 2.45) is 13.0 Å². The fourth-order valence-corrected chi connectivity index (χ4v) is 2.10. The lowest BCUT2D eigenvalue weighted by Gasteiger charge is -2.14. The molecule has 2 N–H and O–H groups in total. The topological polar surface area (TPSA) is 59.0 Å². The van der Waals surface area contributed by atoms with E-state index in [0.29, 0.717) is 6.54 Å². The van der Waals surface area contributed by atoms with Crippen molar-refractivity contribution in [3.05, 3.63) is 18.0 Å². The van der Waals surface area contributed by atoms with Crippen LogP contribution in [0.1, 0.15) is 19.0 Å². The molecule has 2 unspecified atom stereocenters. The summed E-state index contributed by atoms with van der Waals surface area (Å²) in [6.07, 6.45) is 2.67. The average Bonchev–Trinajstić information content (AvgIpc) is 2.84. The molecule has 5 nitrogen and oxygen atoms in total. The Bertz CT molecular complexity index is 374. The van der Waals surface area contributed by atoms with Gasteiger partial charge in [0.1, 0.15) is 0 Å². The molecule has 1 saturated heterocycles. The monoisotopic (exact) mass is 222 g/mol. The van der Waals surface area contributed by atoms with Gasteiger partial charge in [0.2, 0.25) is 5.91 Å². The summed E-state index contributed by atoms with van der Waals surface area (Å²) in [4.78, 5) is 11.9. The minimum absolute atomic E-state index is 0.105. The molecule has 2 rings (SSSR count). The Kier molecular flexibility index (Phi) is 3.24. The van der Waals surface area contributed by atoms with Gasteiger partial charge in [-0.05, 0) is 26.0 Å². The Morgan fingerprint density at radius 3 is 3.12 bits per heavy atom. The van der Waals surface area contributed by atoms with Crippen LogP contribution in [0.15, 0.2) is 12.3 Å². The van der Waals surface area contributed by atoms with Gasteiger partial charge in [0.15, 0.2) is 0 Å². The third kappa shape index (κ3) is 2.24. The molecule has 2 heterocycles. The number of amides is 1. The number of nitrogens with zero attached hydrogens (tertiary/aromatic N) is 2. The maximum Gasteiger partial charge on any atom is 0.225 e. The van der Waals surface area contributed by atoms with E-state index in [-0.39, 0.29) is 17.9 Å². The molecule has 16 heavy (non-hydrogen) atoms. The quantitative estimate of drug-likeness (QED) is 0.759. The number of aromatic nitrogens is 2. The molecule has 0 aromatic carbocycles. The van der Waals surface area contributed by atoms with E-state index < -0.39 is 0 Å². The van der Waals surface area contributed by atoms with Crippen LogP contribution >= 0.6 is 0 Å². The molecule has 0 saturated carbocycles. The first-order chi connectivity index (χ1) is 7.68. The predicted octanol–water partition coefficient (Wildman–Crippen LogP) is 0.0343. The molecular formula is C11H18N4O. The standard InChI is InChI=1S/C11H18N4O/c1-8-10(4-5-12-8)11(16)13-7-9-3-6-14-15(9)2/h3,6,8,10,12H,4-5,7H2,1-2H3,(H,13,16). The number of hydrogen-bond donors (Lipinski definition) is 2. The van der Waals surface area contributed by atoms with Crippen LogP contribution < -0.4 is 10.6 Å². The van der Waals surface area contributed by atoms with Gasteiger partial charge in [-0.15, -0.1) is 0 Å². The third-order valence-corrected chi connectivity index (χ3v) is 3.23. The highest BCUT2D eigenvalue weighted by Gasteiger charge is 2.28. The van der Waals surface area contributed by atoms with Crippen molar-refractivity contribution in [3.8, 4) is 0 Å². The molecule has 0 aliphatic carbocycles. The van der Waals surface area contributed by atoms with E-state index in [2.05, 4.69) is 22.7 Å². The molecule has 2 atom stereocenters. The summed E-state index contributed by atoms with van der Waals surface area (Å²) >= 11 is 0. The van der Waals surface area contributed by atoms with Crippen molar-refractivity contribution in [1.82, 2.24) is 20.4 Å². The van der Waals surface area contributed by atoms with Crippen LogP contribution in [0.2, 0.25) is 0 Å². The Balaban J connectivity index is 1.86. The van der Waals surface area contributed by atoms with Gasteiger partial charge in [-0.3, -0.25) is 9.48 Å². The van der Waals surface area contributed by atoms with Gasteiger partial charge in [-0.25, -0.2) is 0 Å². The van der Waals surface area contributed by atoms with E-state index in [1.807, 2.05) is 13.1 Å². The van der Waals surface area contributed by atoms with Crippen molar-refractivity contribution in [1.29, 1.82) is 0 Å². The van der Waals surface area contributed by atoms with Crippen LogP contribution in [0.25, 0.3) is 0 Å². The summed E-state index contributed by atoms with van der Waals surface area (Å²) in [6, 6.07) is 2.20. The molecule has 1 fully saturated rings. The number of rotatable bonds is 3. The van der Waals surface area contributed by atoms with E-state index in [1.165, 1.54) is 0 Å². The van der Waals surface area contributed by atoms with Crippen molar-refractivity contribution in [2.75, 3.05) is 6.54 Å². The largest absolute Gasteiger partial charge is 0.350 e. The van der Waals surface area contributed by atoms with Crippen LogP contribution in [0.5, 0.6) is 0 Å². The first-order valence-electron chi connectivity index (χ1n) is 5.66. The van der Waals surface area contributed by atoms with Crippen LogP contribution in [0, 0.1) is 5.92 Å². The fourth-order valence-electron chi connectivity index (χ4n) is 2.10. The van der Waals surface area contributed by atoms with E-state index >= 15 is 0 Å². The van der Waals surface area contributed by atoms with E-state index in [1.54, 1.807) is 10.9 Å². The normalized spacial score (nSPS) is 24.6. The van der Waals surface area contributed by atoms with E-state index in [9.17, 15) is 4.79 Å². The molecule has 5 heteroatoms. The fraction of sp³-hybridized carbons (Fsp3) is 0.636. The number of carbonyl (C=O) groups excluding carboxylic acids is 1. The number of aryl methyl sites for hydroxylation is 1. The summed E-state index contributed by atoms with van der Waals surface area (Å²) in [5.41, 5.74) is 1.02. The molecule has 1 aliphatic heterocycles. The average molecular weight is 222 g/mol. The smallest absolute Gasteiger partial charge is 0.225 e. The highest BCUT2D eigenvalue weighted by molar-refractivity contribution is 5.79. The Morgan fingerprint density at radius 1 is 1.75 bits per heavy atom. The summed E-state index contributed by atoms with van der Waals surface area (Å²) in [5.74, 6) is 0.243. The highest BCUT2D eigenvalue weighted by atomic mass is 16.1. The van der Waals surface area contributed by atoms with Crippen LogP contribution in [-0.4, -0.2) is 28.3 Å². The molecule has 0 bridgehead atoms. The van der Waals surface area contributed by atoms with Gasteiger partial charge >= 0.3 is 0 Å². The number of nitrogens with one attached hydrogen (secondary N) is 2. The summed E-state index contributed by atoms with van der Waals surface area (Å²) in [5, 5.41) is 10.3. The Labute approximate surface area is 95.2 Å². The molecule has 1 aromatic rings. The van der Waals surface area contributed by atoms with Gasteiger partial charge in [0, 0.05) is 19.3 Å². The van der Waals surface area contributed by atoms with Gasteiger partial charge in [-0.2, -0.15) is 5.10 Å². The third-order valence-electron chi connectivity index (χ3n) is 3.23. The van der Waals surface area contributed by atoms with Crippen LogP contribution in [-0.2, 0) is 18.4 Å². The van der Waals surface area contributed by atoms with Gasteiger partial charge in [-0.1, -0.05) is 0 Å². The SMILES string of the molecule is CC1NCCC1C(=O)NCc1ccnn1C. The zero-order valence-electron chi connectivity index (χ0n) is 9.73. The zero-order chi connectivity index (χ0) is 11.5. The Hall–Kier alpha value is -1.36. The van der Waals surface area contributed by atoms with E-state index in [4.69, 9.17) is 0 Å². The maximum absolute atomic E-state index is 11.9. The van der Waals surface area contributed by atoms with Crippen LogP contribution in [0.4, 0.5) is 0 Å². The lowest BCUT2D eigenvalue weighted by atomic mass is 10.0. The van der Waals surface area contributed by atoms with Crippen molar-refractivity contribution in [3.63, 3.8) is 0 Å². The minimum atomic E-state index is 0.105. The summed E-state index contributed by atoms with van der Waals surface area (Å²) < 4.78 is 1.77. The van der Waals surface area contributed by atoms with E-state index in [0.717, 1.165) is 18.7 Å². The predicted molar refractivity (Wildman–Crippen MR) is 60.6 cm³/mol. The van der Waals surface area contributed by atoms with Crippen molar-refractivity contribution < 1.29 is 4.79 Å². The molecule has 0 radical (unpaired) electrons.